The first-order chi connectivity index (χ1) is 7.67. The minimum atomic E-state index is 0.162. The molecule has 5 nitrogen and oxygen atoms in total. The van der Waals surface area contributed by atoms with Crippen molar-refractivity contribution < 1.29 is 5.11 Å². The second kappa shape index (κ2) is 6.65. The van der Waals surface area contributed by atoms with Crippen molar-refractivity contribution in [1.82, 2.24) is 9.97 Å². The topological polar surface area (TPSA) is 70.1 Å². The van der Waals surface area contributed by atoms with Gasteiger partial charge in [-0.15, -0.1) is 0 Å². The van der Waals surface area contributed by atoms with E-state index in [-0.39, 0.29) is 12.5 Å². The molecule has 0 spiro atoms. The van der Waals surface area contributed by atoms with Gasteiger partial charge in [0.2, 0.25) is 5.95 Å². The molecule has 1 aromatic rings. The lowest BCUT2D eigenvalue weighted by Crippen LogP contribution is -2.16. The Balaban J connectivity index is 2.66. The molecule has 0 fully saturated rings. The first kappa shape index (κ1) is 13.2. The first-order valence-electron chi connectivity index (χ1n) is 5.28. The molecule has 3 N–H and O–H groups in total. The largest absolute Gasteiger partial charge is 0.396 e. The van der Waals surface area contributed by atoms with Crippen LogP contribution in [0.15, 0.2) is 10.7 Å². The quantitative estimate of drug-likeness (QED) is 0.744. The molecule has 0 aliphatic carbocycles. The number of aliphatic hydroxyl groups excluding tert-OH is 1. The van der Waals surface area contributed by atoms with Crippen LogP contribution in [0.3, 0.4) is 0 Å². The minimum Gasteiger partial charge on any atom is -0.396 e. The number of hydrogen-bond donors (Lipinski definition) is 3. The Hall–Kier alpha value is -0.880. The Bertz CT molecular complexity index is 335. The van der Waals surface area contributed by atoms with Crippen LogP contribution in [-0.4, -0.2) is 34.8 Å². The lowest BCUT2D eigenvalue weighted by Gasteiger charge is -2.12. The van der Waals surface area contributed by atoms with Crippen molar-refractivity contribution in [2.45, 2.75) is 13.8 Å². The maximum Gasteiger partial charge on any atom is 0.224 e. The highest BCUT2D eigenvalue weighted by Gasteiger charge is 2.06. The lowest BCUT2D eigenvalue weighted by atomic mass is 10.2. The molecule has 1 aromatic heterocycles. The predicted octanol–water partition coefficient (Wildman–Crippen LogP) is 1.71. The summed E-state index contributed by atoms with van der Waals surface area (Å²) in [5.41, 5.74) is 0. The van der Waals surface area contributed by atoms with Gasteiger partial charge in [0.1, 0.15) is 5.82 Å². The summed E-state index contributed by atoms with van der Waals surface area (Å²) in [5.74, 6) is 1.54. The Labute approximate surface area is 104 Å². The fraction of sp³-hybridized carbons (Fsp3) is 0.600. The zero-order valence-electron chi connectivity index (χ0n) is 9.50. The standard InChI is InChI=1S/C10H17BrN4O/c1-3-12-10-14-5-8(11)9(15-10)13-4-7(2)6-16/h5,7,16H,3-4,6H2,1-2H3,(H2,12,13,14,15). The van der Waals surface area contributed by atoms with Crippen molar-refractivity contribution in [2.75, 3.05) is 30.3 Å². The number of aromatic nitrogens is 2. The highest BCUT2D eigenvalue weighted by atomic mass is 79.9. The lowest BCUT2D eigenvalue weighted by molar-refractivity contribution is 0.244. The molecule has 0 saturated carbocycles. The van der Waals surface area contributed by atoms with E-state index in [4.69, 9.17) is 5.11 Å². The average Bonchev–Trinajstić information content (AvgIpc) is 2.29. The van der Waals surface area contributed by atoms with Crippen LogP contribution in [0.4, 0.5) is 11.8 Å². The normalized spacial score (nSPS) is 12.2. The van der Waals surface area contributed by atoms with E-state index in [1.165, 1.54) is 0 Å². The minimum absolute atomic E-state index is 0.162. The molecule has 1 heterocycles. The SMILES string of the molecule is CCNc1ncc(Br)c(NCC(C)CO)n1. The molecule has 1 rings (SSSR count). The van der Waals surface area contributed by atoms with Crippen LogP contribution in [0.2, 0.25) is 0 Å². The zero-order valence-corrected chi connectivity index (χ0v) is 11.1. The van der Waals surface area contributed by atoms with Gasteiger partial charge in [-0.05, 0) is 28.8 Å². The maximum absolute atomic E-state index is 8.92. The summed E-state index contributed by atoms with van der Waals surface area (Å²) in [5, 5.41) is 15.1. The van der Waals surface area contributed by atoms with E-state index in [2.05, 4.69) is 36.5 Å². The van der Waals surface area contributed by atoms with E-state index in [9.17, 15) is 0 Å². The van der Waals surface area contributed by atoms with Gasteiger partial charge in [-0.1, -0.05) is 6.92 Å². The van der Waals surface area contributed by atoms with Crippen LogP contribution in [0.25, 0.3) is 0 Å². The summed E-state index contributed by atoms with van der Waals surface area (Å²) in [6, 6.07) is 0. The zero-order chi connectivity index (χ0) is 12.0. The van der Waals surface area contributed by atoms with Crippen molar-refractivity contribution >= 4 is 27.7 Å². The maximum atomic E-state index is 8.92. The van der Waals surface area contributed by atoms with Gasteiger partial charge in [-0.25, -0.2) is 4.98 Å². The van der Waals surface area contributed by atoms with Crippen LogP contribution >= 0.6 is 15.9 Å². The smallest absolute Gasteiger partial charge is 0.224 e. The summed E-state index contributed by atoms with van der Waals surface area (Å²) in [4.78, 5) is 8.42. The van der Waals surface area contributed by atoms with Crippen LogP contribution in [0, 0.1) is 5.92 Å². The number of nitrogens with zero attached hydrogens (tertiary/aromatic N) is 2. The van der Waals surface area contributed by atoms with Gasteiger partial charge in [0.25, 0.3) is 0 Å². The molecule has 0 aliphatic rings. The van der Waals surface area contributed by atoms with Crippen LogP contribution in [-0.2, 0) is 0 Å². The molecule has 0 amide bonds. The second-order valence-corrected chi connectivity index (χ2v) is 4.44. The first-order valence-corrected chi connectivity index (χ1v) is 6.07. The van der Waals surface area contributed by atoms with Gasteiger partial charge in [0, 0.05) is 25.9 Å². The molecule has 16 heavy (non-hydrogen) atoms. The third-order valence-corrected chi connectivity index (χ3v) is 2.59. The Morgan fingerprint density at radius 1 is 1.50 bits per heavy atom. The molecule has 6 heteroatoms. The Kier molecular flexibility index (Phi) is 5.48. The van der Waals surface area contributed by atoms with Crippen molar-refractivity contribution in [3.8, 4) is 0 Å². The molecule has 1 unspecified atom stereocenters. The van der Waals surface area contributed by atoms with Crippen LogP contribution < -0.4 is 10.6 Å². The summed E-state index contributed by atoms with van der Waals surface area (Å²) in [7, 11) is 0. The number of hydrogen-bond acceptors (Lipinski definition) is 5. The molecule has 0 aliphatic heterocycles. The van der Waals surface area contributed by atoms with Crippen LogP contribution in [0.1, 0.15) is 13.8 Å². The van der Waals surface area contributed by atoms with Gasteiger partial charge in [0.15, 0.2) is 0 Å². The molecular formula is C10H17BrN4O. The van der Waals surface area contributed by atoms with Gasteiger partial charge < -0.3 is 15.7 Å². The third-order valence-electron chi connectivity index (χ3n) is 2.01. The number of anilines is 2. The van der Waals surface area contributed by atoms with E-state index in [1.54, 1.807) is 6.20 Å². The van der Waals surface area contributed by atoms with Crippen molar-refractivity contribution in [1.29, 1.82) is 0 Å². The van der Waals surface area contributed by atoms with E-state index in [0.29, 0.717) is 12.5 Å². The summed E-state index contributed by atoms with van der Waals surface area (Å²) >= 11 is 3.38. The Morgan fingerprint density at radius 2 is 2.25 bits per heavy atom. The summed E-state index contributed by atoms with van der Waals surface area (Å²) in [6.07, 6.45) is 1.71. The van der Waals surface area contributed by atoms with Crippen molar-refractivity contribution in [3.63, 3.8) is 0 Å². The summed E-state index contributed by atoms with van der Waals surface area (Å²) < 4.78 is 0.819. The van der Waals surface area contributed by atoms with Crippen LogP contribution in [0.5, 0.6) is 0 Å². The van der Waals surface area contributed by atoms with Gasteiger partial charge >= 0.3 is 0 Å². The van der Waals surface area contributed by atoms with Gasteiger partial charge in [-0.2, -0.15) is 4.98 Å². The van der Waals surface area contributed by atoms with E-state index in [0.717, 1.165) is 16.8 Å². The fourth-order valence-electron chi connectivity index (χ4n) is 1.07. The molecule has 0 aromatic carbocycles. The predicted molar refractivity (Wildman–Crippen MR) is 68.6 cm³/mol. The third kappa shape index (κ3) is 3.94. The number of rotatable bonds is 6. The van der Waals surface area contributed by atoms with Gasteiger partial charge in [0.05, 0.1) is 4.47 Å². The number of nitrogens with one attached hydrogen (secondary N) is 2. The monoisotopic (exact) mass is 288 g/mol. The van der Waals surface area contributed by atoms with E-state index in [1.807, 2.05) is 13.8 Å². The summed E-state index contributed by atoms with van der Waals surface area (Å²) in [6.45, 7) is 5.58. The number of halogens is 1. The molecule has 90 valence electrons. The highest BCUT2D eigenvalue weighted by molar-refractivity contribution is 9.10. The Morgan fingerprint density at radius 3 is 2.88 bits per heavy atom. The van der Waals surface area contributed by atoms with E-state index < -0.39 is 0 Å². The van der Waals surface area contributed by atoms with Crippen molar-refractivity contribution in [2.24, 2.45) is 5.92 Å². The molecule has 1 atom stereocenters. The number of aliphatic hydroxyl groups is 1. The molecule has 0 saturated heterocycles. The average molecular weight is 289 g/mol. The molecule has 0 radical (unpaired) electrons. The van der Waals surface area contributed by atoms with E-state index >= 15 is 0 Å². The van der Waals surface area contributed by atoms with Crippen molar-refractivity contribution in [3.05, 3.63) is 10.7 Å². The molecular weight excluding hydrogens is 272 g/mol. The molecule has 0 bridgehead atoms. The highest BCUT2D eigenvalue weighted by Crippen LogP contribution is 2.20. The second-order valence-electron chi connectivity index (χ2n) is 3.59. The van der Waals surface area contributed by atoms with Gasteiger partial charge in [-0.3, -0.25) is 0 Å². The fourth-order valence-corrected chi connectivity index (χ4v) is 1.40.